The van der Waals surface area contributed by atoms with E-state index in [2.05, 4.69) is 20.6 Å². The minimum atomic E-state index is -0.117. The summed E-state index contributed by atoms with van der Waals surface area (Å²) >= 11 is 0. The lowest BCUT2D eigenvalue weighted by Gasteiger charge is -2.07. The number of rotatable bonds is 5. The van der Waals surface area contributed by atoms with Crippen molar-refractivity contribution in [2.24, 2.45) is 0 Å². The predicted molar refractivity (Wildman–Crippen MR) is 76.3 cm³/mol. The van der Waals surface area contributed by atoms with Crippen molar-refractivity contribution in [2.45, 2.75) is 25.4 Å². The Labute approximate surface area is 117 Å². The van der Waals surface area contributed by atoms with E-state index in [1.165, 1.54) is 12.8 Å². The van der Waals surface area contributed by atoms with Crippen molar-refractivity contribution >= 4 is 11.6 Å². The minimum Gasteiger partial charge on any atom is -0.381 e. The summed E-state index contributed by atoms with van der Waals surface area (Å²) in [5.74, 6) is -0.117. The molecule has 0 atom stereocenters. The molecule has 0 saturated heterocycles. The van der Waals surface area contributed by atoms with E-state index in [1.807, 2.05) is 18.2 Å². The zero-order chi connectivity index (χ0) is 13.8. The third-order valence-electron chi connectivity index (χ3n) is 3.15. The number of carbonyl (C=O) groups is 1. The zero-order valence-corrected chi connectivity index (χ0v) is 11.0. The van der Waals surface area contributed by atoms with Gasteiger partial charge in [0.2, 0.25) is 0 Å². The molecule has 0 spiro atoms. The van der Waals surface area contributed by atoms with Gasteiger partial charge < -0.3 is 10.6 Å². The highest BCUT2D eigenvalue weighted by molar-refractivity contribution is 5.94. The average molecular weight is 268 g/mol. The number of carbonyl (C=O) groups excluding carboxylic acids is 1. The van der Waals surface area contributed by atoms with Crippen LogP contribution in [0.15, 0.2) is 43.0 Å². The van der Waals surface area contributed by atoms with Gasteiger partial charge in [-0.15, -0.1) is 0 Å². The third kappa shape index (κ3) is 3.32. The monoisotopic (exact) mass is 268 g/mol. The van der Waals surface area contributed by atoms with Crippen LogP contribution in [0.25, 0.3) is 0 Å². The quantitative estimate of drug-likeness (QED) is 0.870. The first-order valence-electron chi connectivity index (χ1n) is 6.70. The van der Waals surface area contributed by atoms with Gasteiger partial charge >= 0.3 is 0 Å². The summed E-state index contributed by atoms with van der Waals surface area (Å²) in [6, 6.07) is 6.15. The van der Waals surface area contributed by atoms with E-state index < -0.39 is 0 Å². The van der Waals surface area contributed by atoms with E-state index in [0.717, 1.165) is 11.3 Å². The predicted octanol–water partition coefficient (Wildman–Crippen LogP) is 1.98. The van der Waals surface area contributed by atoms with Crippen molar-refractivity contribution in [3.05, 3.63) is 54.1 Å². The molecule has 1 amide bonds. The number of pyridine rings is 2. The second-order valence-corrected chi connectivity index (χ2v) is 4.92. The first-order chi connectivity index (χ1) is 9.81. The molecule has 20 heavy (non-hydrogen) atoms. The van der Waals surface area contributed by atoms with Crippen molar-refractivity contribution in [3.8, 4) is 0 Å². The molecule has 2 aromatic rings. The Morgan fingerprint density at radius 3 is 2.75 bits per heavy atom. The maximum absolute atomic E-state index is 12.1. The number of hydrogen-bond acceptors (Lipinski definition) is 4. The summed E-state index contributed by atoms with van der Waals surface area (Å²) < 4.78 is 0. The molecule has 1 aliphatic rings. The lowest BCUT2D eigenvalue weighted by atomic mass is 10.2. The van der Waals surface area contributed by atoms with Gasteiger partial charge in [-0.3, -0.25) is 14.8 Å². The maximum atomic E-state index is 12.1. The number of amides is 1. The second kappa shape index (κ2) is 5.69. The minimum absolute atomic E-state index is 0.117. The van der Waals surface area contributed by atoms with Crippen molar-refractivity contribution in [1.82, 2.24) is 15.3 Å². The van der Waals surface area contributed by atoms with Gasteiger partial charge in [0.1, 0.15) is 0 Å². The standard InChI is InChI=1S/C15H16N4O/c20-15(18-8-11-3-5-16-6-4-11)12-7-14(10-17-9-12)19-13-1-2-13/h3-7,9-10,13,19H,1-2,8H2,(H,18,20). The number of aromatic nitrogens is 2. The first-order valence-corrected chi connectivity index (χ1v) is 6.70. The summed E-state index contributed by atoms with van der Waals surface area (Å²) in [5, 5.41) is 6.21. The van der Waals surface area contributed by atoms with Crippen LogP contribution in [0.4, 0.5) is 5.69 Å². The molecule has 2 N–H and O–H groups in total. The van der Waals surface area contributed by atoms with Crippen LogP contribution in [0.5, 0.6) is 0 Å². The lowest BCUT2D eigenvalue weighted by molar-refractivity contribution is 0.0950. The average Bonchev–Trinajstić information content (AvgIpc) is 3.30. The molecule has 0 aliphatic heterocycles. The molecule has 1 fully saturated rings. The smallest absolute Gasteiger partial charge is 0.253 e. The molecule has 0 bridgehead atoms. The number of nitrogens with zero attached hydrogens (tertiary/aromatic N) is 2. The summed E-state index contributed by atoms with van der Waals surface area (Å²) in [5.41, 5.74) is 2.50. The van der Waals surface area contributed by atoms with Gasteiger partial charge in [0.25, 0.3) is 5.91 Å². The maximum Gasteiger partial charge on any atom is 0.253 e. The zero-order valence-electron chi connectivity index (χ0n) is 11.0. The van der Waals surface area contributed by atoms with Crippen LogP contribution in [-0.2, 0) is 6.54 Å². The third-order valence-corrected chi connectivity index (χ3v) is 3.15. The molecule has 102 valence electrons. The highest BCUT2D eigenvalue weighted by Crippen LogP contribution is 2.24. The Bertz CT molecular complexity index is 596. The Morgan fingerprint density at radius 1 is 1.20 bits per heavy atom. The van der Waals surface area contributed by atoms with Gasteiger partial charge in [-0.1, -0.05) is 0 Å². The summed E-state index contributed by atoms with van der Waals surface area (Å²) in [6.07, 6.45) is 9.14. The SMILES string of the molecule is O=C(NCc1ccncc1)c1cncc(NC2CC2)c1. The molecule has 3 rings (SSSR count). The largest absolute Gasteiger partial charge is 0.381 e. The normalized spacial score (nSPS) is 13.8. The highest BCUT2D eigenvalue weighted by Gasteiger charge is 2.21. The fraction of sp³-hybridized carbons (Fsp3) is 0.267. The van der Waals surface area contributed by atoms with Crippen LogP contribution in [0.3, 0.4) is 0 Å². The van der Waals surface area contributed by atoms with Gasteiger partial charge in [0.15, 0.2) is 0 Å². The van der Waals surface area contributed by atoms with E-state index in [-0.39, 0.29) is 5.91 Å². The molecule has 5 heteroatoms. The first kappa shape index (κ1) is 12.6. The van der Waals surface area contributed by atoms with Crippen LogP contribution >= 0.6 is 0 Å². The Hall–Kier alpha value is -2.43. The van der Waals surface area contributed by atoms with Gasteiger partial charge in [0.05, 0.1) is 11.3 Å². The van der Waals surface area contributed by atoms with Gasteiger partial charge in [-0.25, -0.2) is 0 Å². The number of hydrogen-bond donors (Lipinski definition) is 2. The van der Waals surface area contributed by atoms with Crippen LogP contribution in [0, 0.1) is 0 Å². The Morgan fingerprint density at radius 2 is 2.00 bits per heavy atom. The fourth-order valence-corrected chi connectivity index (χ4v) is 1.89. The number of nitrogens with one attached hydrogen (secondary N) is 2. The van der Waals surface area contributed by atoms with E-state index in [9.17, 15) is 4.79 Å². The van der Waals surface area contributed by atoms with Crippen LogP contribution in [0.1, 0.15) is 28.8 Å². The Kier molecular flexibility index (Phi) is 3.58. The van der Waals surface area contributed by atoms with E-state index in [1.54, 1.807) is 24.8 Å². The van der Waals surface area contributed by atoms with Gasteiger partial charge in [0, 0.05) is 37.4 Å². The second-order valence-electron chi connectivity index (χ2n) is 4.92. The summed E-state index contributed by atoms with van der Waals surface area (Å²) in [7, 11) is 0. The Balaban J connectivity index is 1.61. The van der Waals surface area contributed by atoms with Crippen molar-refractivity contribution in [2.75, 3.05) is 5.32 Å². The molecule has 1 saturated carbocycles. The van der Waals surface area contributed by atoms with Gasteiger partial charge in [-0.05, 0) is 36.6 Å². The molecule has 0 aromatic carbocycles. The van der Waals surface area contributed by atoms with Crippen LogP contribution in [0.2, 0.25) is 0 Å². The van der Waals surface area contributed by atoms with Crippen LogP contribution < -0.4 is 10.6 Å². The lowest BCUT2D eigenvalue weighted by Crippen LogP contribution is -2.23. The van der Waals surface area contributed by atoms with Crippen molar-refractivity contribution < 1.29 is 4.79 Å². The topological polar surface area (TPSA) is 66.9 Å². The van der Waals surface area contributed by atoms with E-state index in [4.69, 9.17) is 0 Å². The molecule has 1 aliphatic carbocycles. The molecular formula is C15H16N4O. The van der Waals surface area contributed by atoms with E-state index >= 15 is 0 Å². The molecular weight excluding hydrogens is 252 g/mol. The van der Waals surface area contributed by atoms with E-state index in [0.29, 0.717) is 18.2 Å². The molecule has 5 nitrogen and oxygen atoms in total. The molecule has 0 unspecified atom stereocenters. The molecule has 2 heterocycles. The van der Waals surface area contributed by atoms with Crippen molar-refractivity contribution in [1.29, 1.82) is 0 Å². The van der Waals surface area contributed by atoms with Gasteiger partial charge in [-0.2, -0.15) is 0 Å². The van der Waals surface area contributed by atoms with Crippen LogP contribution in [-0.4, -0.2) is 21.9 Å². The molecule has 2 aromatic heterocycles. The summed E-state index contributed by atoms with van der Waals surface area (Å²) in [4.78, 5) is 20.1. The van der Waals surface area contributed by atoms with Crippen molar-refractivity contribution in [3.63, 3.8) is 0 Å². The summed E-state index contributed by atoms with van der Waals surface area (Å²) in [6.45, 7) is 0.488. The fourth-order valence-electron chi connectivity index (χ4n) is 1.89. The number of anilines is 1. The molecule has 0 radical (unpaired) electrons. The highest BCUT2D eigenvalue weighted by atomic mass is 16.1.